The van der Waals surface area contributed by atoms with Gasteiger partial charge in [0.1, 0.15) is 11.5 Å². The molecule has 0 spiro atoms. The molecule has 3 nitrogen and oxygen atoms in total. The zero-order chi connectivity index (χ0) is 26.8. The quantitative estimate of drug-likeness (QED) is 0.199. The number of hydrogen-bond donors (Lipinski definition) is 0. The molecule has 0 bridgehead atoms. The molecule has 4 rings (SSSR count). The molecule has 0 atom stereocenters. The molecule has 0 amide bonds. The number of ether oxygens (including phenoxy) is 2. The van der Waals surface area contributed by atoms with E-state index in [0.29, 0.717) is 11.5 Å². The zero-order valence-corrected chi connectivity index (χ0v) is 22.9. The second-order valence-electron chi connectivity index (χ2n) is 10.9. The largest absolute Gasteiger partial charge is 0.519 e. The Balaban J connectivity index is 1.44. The normalized spacial score (nSPS) is 11.8. The van der Waals surface area contributed by atoms with Gasteiger partial charge in [0.15, 0.2) is 0 Å². The molecular weight excluding hydrogens is 456 g/mol. The molecule has 4 aromatic rings. The zero-order valence-electron chi connectivity index (χ0n) is 22.9. The van der Waals surface area contributed by atoms with Crippen LogP contribution in [-0.4, -0.2) is 6.16 Å². The van der Waals surface area contributed by atoms with Gasteiger partial charge in [0, 0.05) is 10.8 Å². The Hall–Kier alpha value is -3.85. The van der Waals surface area contributed by atoms with E-state index < -0.39 is 6.16 Å². The topological polar surface area (TPSA) is 35.5 Å². The van der Waals surface area contributed by atoms with Crippen molar-refractivity contribution in [2.24, 2.45) is 0 Å². The van der Waals surface area contributed by atoms with Gasteiger partial charge in [-0.05, 0) is 66.8 Å². The molecule has 0 aliphatic rings. The lowest BCUT2D eigenvalue weighted by Crippen LogP contribution is -2.20. The van der Waals surface area contributed by atoms with Crippen molar-refractivity contribution in [2.75, 3.05) is 0 Å². The van der Waals surface area contributed by atoms with Crippen LogP contribution in [0.15, 0.2) is 91.0 Å². The summed E-state index contributed by atoms with van der Waals surface area (Å²) in [6, 6.07) is 30.7. The summed E-state index contributed by atoms with van der Waals surface area (Å²) >= 11 is 0. The minimum absolute atomic E-state index is 0.169. The summed E-state index contributed by atoms with van der Waals surface area (Å²) in [6.45, 7) is 14.9. The van der Waals surface area contributed by atoms with Gasteiger partial charge >= 0.3 is 6.16 Å². The third-order valence-electron chi connectivity index (χ3n) is 7.38. The summed E-state index contributed by atoms with van der Waals surface area (Å²) in [6.07, 6.45) is -0.751. The van der Waals surface area contributed by atoms with E-state index in [1.165, 1.54) is 22.3 Å². The molecule has 0 radical (unpaired) electrons. The first kappa shape index (κ1) is 26.2. The number of aryl methyl sites for hydroxylation is 3. The molecular formula is C34H36O3. The molecule has 0 aliphatic carbocycles. The first-order chi connectivity index (χ1) is 17.5. The Morgan fingerprint density at radius 1 is 0.568 bits per heavy atom. The molecule has 0 N–H and O–H groups in total. The number of benzene rings is 4. The SMILES string of the molecule is Cc1ccc(C(C)(C)c2ccc(OC(=O)Oc3ccc(C(C)(C)c4cccc(C)c4)cc3C)cc2)cc1. The first-order valence-electron chi connectivity index (χ1n) is 12.7. The van der Waals surface area contributed by atoms with Gasteiger partial charge in [0.05, 0.1) is 0 Å². The lowest BCUT2D eigenvalue weighted by molar-refractivity contribution is 0.151. The van der Waals surface area contributed by atoms with Gasteiger partial charge in [0.2, 0.25) is 0 Å². The Bertz CT molecular complexity index is 1390. The van der Waals surface area contributed by atoms with Crippen molar-refractivity contribution in [3.63, 3.8) is 0 Å². The predicted octanol–water partition coefficient (Wildman–Crippen LogP) is 8.84. The van der Waals surface area contributed by atoms with Crippen LogP contribution in [0.3, 0.4) is 0 Å². The molecule has 4 aromatic carbocycles. The maximum absolute atomic E-state index is 12.6. The first-order valence-corrected chi connectivity index (χ1v) is 12.7. The summed E-state index contributed by atoms with van der Waals surface area (Å²) in [4.78, 5) is 12.6. The Labute approximate surface area is 221 Å². The Morgan fingerprint density at radius 3 is 1.70 bits per heavy atom. The second-order valence-corrected chi connectivity index (χ2v) is 10.9. The smallest absolute Gasteiger partial charge is 0.395 e. The second kappa shape index (κ2) is 10.3. The van der Waals surface area contributed by atoms with Crippen LogP contribution in [0.25, 0.3) is 0 Å². The Kier molecular flexibility index (Phi) is 7.27. The van der Waals surface area contributed by atoms with Crippen LogP contribution in [0, 0.1) is 20.8 Å². The minimum Gasteiger partial charge on any atom is -0.395 e. The number of carbonyl (C=O) groups excluding carboxylic acids is 1. The molecule has 0 aromatic heterocycles. The van der Waals surface area contributed by atoms with Crippen LogP contribution in [0.1, 0.15) is 66.6 Å². The summed E-state index contributed by atoms with van der Waals surface area (Å²) in [7, 11) is 0. The predicted molar refractivity (Wildman–Crippen MR) is 151 cm³/mol. The molecule has 3 heteroatoms. The van der Waals surface area contributed by atoms with Gasteiger partial charge in [-0.1, -0.05) is 112 Å². The van der Waals surface area contributed by atoms with E-state index in [4.69, 9.17) is 9.47 Å². The molecule has 190 valence electrons. The summed E-state index contributed by atoms with van der Waals surface area (Å²) in [5.74, 6) is 0.939. The van der Waals surface area contributed by atoms with E-state index in [0.717, 1.165) is 16.7 Å². The van der Waals surface area contributed by atoms with Crippen molar-refractivity contribution in [3.05, 3.63) is 130 Å². The van der Waals surface area contributed by atoms with E-state index in [2.05, 4.69) is 96.1 Å². The molecule has 0 saturated carbocycles. The fourth-order valence-electron chi connectivity index (χ4n) is 4.64. The highest BCUT2D eigenvalue weighted by Crippen LogP contribution is 2.35. The van der Waals surface area contributed by atoms with Crippen LogP contribution in [0.5, 0.6) is 11.5 Å². The van der Waals surface area contributed by atoms with E-state index in [1.54, 1.807) is 0 Å². The lowest BCUT2D eigenvalue weighted by atomic mass is 9.77. The highest BCUT2D eigenvalue weighted by Gasteiger charge is 2.25. The van der Waals surface area contributed by atoms with Crippen LogP contribution in [0.2, 0.25) is 0 Å². The van der Waals surface area contributed by atoms with Crippen molar-refractivity contribution in [1.82, 2.24) is 0 Å². The van der Waals surface area contributed by atoms with Crippen molar-refractivity contribution in [1.29, 1.82) is 0 Å². The fraction of sp³-hybridized carbons (Fsp3) is 0.265. The maximum atomic E-state index is 12.6. The highest BCUT2D eigenvalue weighted by atomic mass is 16.7. The van der Waals surface area contributed by atoms with E-state index >= 15 is 0 Å². The van der Waals surface area contributed by atoms with Gasteiger partial charge in [-0.25, -0.2) is 4.79 Å². The van der Waals surface area contributed by atoms with Gasteiger partial charge in [-0.15, -0.1) is 0 Å². The number of hydrogen-bond acceptors (Lipinski definition) is 3. The monoisotopic (exact) mass is 492 g/mol. The average molecular weight is 493 g/mol. The third kappa shape index (κ3) is 5.77. The Morgan fingerprint density at radius 2 is 1.11 bits per heavy atom. The molecule has 0 aliphatic heterocycles. The summed E-state index contributed by atoms with van der Waals surface area (Å²) in [5, 5.41) is 0. The van der Waals surface area contributed by atoms with Crippen molar-refractivity contribution in [3.8, 4) is 11.5 Å². The van der Waals surface area contributed by atoms with Gasteiger partial charge in [-0.2, -0.15) is 0 Å². The molecule has 37 heavy (non-hydrogen) atoms. The number of carbonyl (C=O) groups is 1. The maximum Gasteiger partial charge on any atom is 0.519 e. The number of rotatable bonds is 6. The third-order valence-corrected chi connectivity index (χ3v) is 7.38. The van der Waals surface area contributed by atoms with E-state index in [1.807, 2.05) is 43.3 Å². The van der Waals surface area contributed by atoms with Crippen molar-refractivity contribution < 1.29 is 14.3 Å². The van der Waals surface area contributed by atoms with Crippen LogP contribution in [0.4, 0.5) is 4.79 Å². The highest BCUT2D eigenvalue weighted by molar-refractivity contribution is 5.68. The molecule has 0 unspecified atom stereocenters. The van der Waals surface area contributed by atoms with Crippen LogP contribution in [-0.2, 0) is 10.8 Å². The lowest BCUT2D eigenvalue weighted by Gasteiger charge is -2.27. The van der Waals surface area contributed by atoms with E-state index in [9.17, 15) is 4.79 Å². The summed E-state index contributed by atoms with van der Waals surface area (Å²) < 4.78 is 11.0. The van der Waals surface area contributed by atoms with E-state index in [-0.39, 0.29) is 10.8 Å². The van der Waals surface area contributed by atoms with Crippen LogP contribution < -0.4 is 9.47 Å². The van der Waals surface area contributed by atoms with Gasteiger partial charge in [-0.3, -0.25) is 0 Å². The molecule has 0 fully saturated rings. The summed E-state index contributed by atoms with van der Waals surface area (Å²) in [5.41, 5.74) is 7.78. The fourth-order valence-corrected chi connectivity index (χ4v) is 4.64. The molecule has 0 heterocycles. The van der Waals surface area contributed by atoms with Gasteiger partial charge in [0.25, 0.3) is 0 Å². The van der Waals surface area contributed by atoms with Crippen molar-refractivity contribution in [2.45, 2.75) is 59.3 Å². The average Bonchev–Trinajstić information content (AvgIpc) is 2.86. The van der Waals surface area contributed by atoms with Crippen LogP contribution >= 0.6 is 0 Å². The molecule has 0 saturated heterocycles. The minimum atomic E-state index is -0.751. The van der Waals surface area contributed by atoms with Crippen molar-refractivity contribution >= 4 is 6.16 Å². The standard InChI is InChI=1S/C34H36O3/c1-23-11-13-26(14-12-23)33(4,5)27-15-18-30(19-16-27)36-32(35)37-31-20-17-29(22-25(31)3)34(6,7)28-10-8-9-24(2)21-28/h8-22H,1-7H3. The van der Waals surface area contributed by atoms with Gasteiger partial charge < -0.3 is 9.47 Å².